The number of carbonyl (C=O) groups excluding carboxylic acids is 1. The first-order valence-electron chi connectivity index (χ1n) is 7.20. The molecular formula is C18H14F3NO2. The van der Waals surface area contributed by atoms with E-state index in [1.54, 1.807) is 12.1 Å². The maximum absolute atomic E-state index is 12.6. The summed E-state index contributed by atoms with van der Waals surface area (Å²) in [6, 6.07) is 10.1. The quantitative estimate of drug-likeness (QED) is 0.808. The molecule has 0 unspecified atom stereocenters. The van der Waals surface area contributed by atoms with Crippen molar-refractivity contribution >= 4 is 17.7 Å². The summed E-state index contributed by atoms with van der Waals surface area (Å²) in [5, 5.41) is 1.14. The molecule has 3 nitrogen and oxygen atoms in total. The Kier molecular flexibility index (Phi) is 3.93. The van der Waals surface area contributed by atoms with Crippen LogP contribution in [0, 0.1) is 6.92 Å². The highest BCUT2D eigenvalue weighted by Crippen LogP contribution is 2.35. The van der Waals surface area contributed by atoms with E-state index in [-0.39, 0.29) is 5.91 Å². The number of nitrogens with zero attached hydrogens (tertiary/aromatic N) is 1. The van der Waals surface area contributed by atoms with Crippen molar-refractivity contribution in [3.05, 3.63) is 70.3 Å². The van der Waals surface area contributed by atoms with Crippen LogP contribution in [-0.4, -0.2) is 18.1 Å². The van der Waals surface area contributed by atoms with Crippen molar-refractivity contribution in [1.82, 2.24) is 5.06 Å². The fourth-order valence-electron chi connectivity index (χ4n) is 2.63. The van der Waals surface area contributed by atoms with Crippen molar-refractivity contribution in [1.29, 1.82) is 0 Å². The first kappa shape index (κ1) is 16.3. The highest BCUT2D eigenvalue weighted by molar-refractivity contribution is 6.11. The van der Waals surface area contributed by atoms with Gasteiger partial charge in [-0.05, 0) is 42.8 Å². The average Bonchev–Trinajstić information content (AvgIpc) is 2.78. The van der Waals surface area contributed by atoms with Gasteiger partial charge in [-0.15, -0.1) is 0 Å². The van der Waals surface area contributed by atoms with E-state index < -0.39 is 11.7 Å². The molecule has 1 aliphatic rings. The number of halogens is 3. The van der Waals surface area contributed by atoms with Gasteiger partial charge >= 0.3 is 6.18 Å². The minimum Gasteiger partial charge on any atom is -0.269 e. The van der Waals surface area contributed by atoms with Crippen LogP contribution >= 0.6 is 0 Å². The molecule has 24 heavy (non-hydrogen) atoms. The fraction of sp³-hybridized carbons (Fsp3) is 0.167. The summed E-state index contributed by atoms with van der Waals surface area (Å²) in [7, 11) is 1.37. The number of hydrogen-bond donors (Lipinski definition) is 0. The first-order valence-corrected chi connectivity index (χ1v) is 7.20. The summed E-state index contributed by atoms with van der Waals surface area (Å²) in [5.74, 6) is -0.300. The van der Waals surface area contributed by atoms with Gasteiger partial charge in [0, 0.05) is 5.56 Å². The zero-order valence-corrected chi connectivity index (χ0v) is 13.0. The number of hydroxylamine groups is 2. The van der Waals surface area contributed by atoms with Crippen LogP contribution in [0.1, 0.15) is 32.6 Å². The van der Waals surface area contributed by atoms with Crippen molar-refractivity contribution in [3.8, 4) is 0 Å². The van der Waals surface area contributed by atoms with Crippen LogP contribution in [0.3, 0.4) is 0 Å². The minimum absolute atomic E-state index is 0.300. The summed E-state index contributed by atoms with van der Waals surface area (Å²) in [6.07, 6.45) is -2.75. The molecule has 0 aromatic heterocycles. The molecule has 124 valence electrons. The maximum Gasteiger partial charge on any atom is 0.416 e. The van der Waals surface area contributed by atoms with E-state index in [2.05, 4.69) is 0 Å². The third-order valence-corrected chi connectivity index (χ3v) is 3.81. The molecule has 0 saturated carbocycles. The van der Waals surface area contributed by atoms with E-state index >= 15 is 0 Å². The SMILES string of the molecule is CON1C(=O)c2ccc(C)cc2/C1=C\c1ccc(C(F)(F)F)cc1. The van der Waals surface area contributed by atoms with E-state index in [0.29, 0.717) is 22.4 Å². The van der Waals surface area contributed by atoms with Gasteiger partial charge in [-0.2, -0.15) is 18.2 Å². The fourth-order valence-corrected chi connectivity index (χ4v) is 2.63. The largest absolute Gasteiger partial charge is 0.416 e. The number of alkyl halides is 3. The highest BCUT2D eigenvalue weighted by Gasteiger charge is 2.33. The number of fused-ring (bicyclic) bond motifs is 1. The molecule has 0 aliphatic carbocycles. The monoisotopic (exact) mass is 333 g/mol. The zero-order chi connectivity index (χ0) is 17.5. The zero-order valence-electron chi connectivity index (χ0n) is 13.0. The Labute approximate surface area is 136 Å². The molecule has 2 aromatic rings. The van der Waals surface area contributed by atoms with Gasteiger partial charge in [0.15, 0.2) is 0 Å². The molecule has 0 radical (unpaired) electrons. The summed E-state index contributed by atoms with van der Waals surface area (Å²) in [6.45, 7) is 1.90. The lowest BCUT2D eigenvalue weighted by Gasteiger charge is -2.15. The van der Waals surface area contributed by atoms with E-state index in [4.69, 9.17) is 4.84 Å². The topological polar surface area (TPSA) is 29.5 Å². The normalized spacial score (nSPS) is 16.0. The van der Waals surface area contributed by atoms with Crippen molar-refractivity contribution in [2.75, 3.05) is 7.11 Å². The van der Waals surface area contributed by atoms with Gasteiger partial charge in [0.25, 0.3) is 5.91 Å². The number of amides is 1. The average molecular weight is 333 g/mol. The predicted octanol–water partition coefficient (Wildman–Crippen LogP) is 4.53. The van der Waals surface area contributed by atoms with Gasteiger partial charge < -0.3 is 0 Å². The standard InChI is InChI=1S/C18H14F3NO2/c1-11-3-8-14-15(9-11)16(22(24-2)17(14)23)10-12-4-6-13(7-5-12)18(19,20)21/h3-10H,1-2H3/b16-10+. The molecule has 1 heterocycles. The lowest BCUT2D eigenvalue weighted by Crippen LogP contribution is -2.21. The molecular weight excluding hydrogens is 319 g/mol. The molecule has 0 saturated heterocycles. The summed E-state index contributed by atoms with van der Waals surface area (Å²) < 4.78 is 37.9. The van der Waals surface area contributed by atoms with Gasteiger partial charge in [-0.3, -0.25) is 9.63 Å². The van der Waals surface area contributed by atoms with Crippen LogP contribution in [0.25, 0.3) is 11.8 Å². The first-order chi connectivity index (χ1) is 11.3. The van der Waals surface area contributed by atoms with E-state index in [0.717, 1.165) is 22.8 Å². The Morgan fingerprint density at radius 2 is 1.71 bits per heavy atom. The van der Waals surface area contributed by atoms with Crippen LogP contribution in [0.4, 0.5) is 13.2 Å². The van der Waals surface area contributed by atoms with Gasteiger partial charge in [0.2, 0.25) is 0 Å². The molecule has 0 fully saturated rings. The highest BCUT2D eigenvalue weighted by atomic mass is 19.4. The van der Waals surface area contributed by atoms with E-state index in [9.17, 15) is 18.0 Å². The molecule has 0 bridgehead atoms. The van der Waals surface area contributed by atoms with Gasteiger partial charge in [-0.1, -0.05) is 23.8 Å². The molecule has 6 heteroatoms. The number of rotatable bonds is 2. The summed E-state index contributed by atoms with van der Waals surface area (Å²) in [4.78, 5) is 17.5. The number of benzene rings is 2. The van der Waals surface area contributed by atoms with Crippen LogP contribution < -0.4 is 0 Å². The smallest absolute Gasteiger partial charge is 0.269 e. The molecule has 3 rings (SSSR count). The second-order valence-corrected chi connectivity index (χ2v) is 5.48. The van der Waals surface area contributed by atoms with Gasteiger partial charge in [0.05, 0.1) is 23.9 Å². The molecule has 0 N–H and O–H groups in total. The predicted molar refractivity (Wildman–Crippen MR) is 83.7 cm³/mol. The summed E-state index contributed by atoms with van der Waals surface area (Å²) in [5.41, 5.74) is 2.50. The molecule has 1 aliphatic heterocycles. The Morgan fingerprint density at radius 3 is 2.29 bits per heavy atom. The van der Waals surface area contributed by atoms with E-state index in [1.165, 1.54) is 19.2 Å². The Morgan fingerprint density at radius 1 is 1.04 bits per heavy atom. The van der Waals surface area contributed by atoms with Gasteiger partial charge in [0.1, 0.15) is 0 Å². The maximum atomic E-state index is 12.6. The second-order valence-electron chi connectivity index (χ2n) is 5.48. The van der Waals surface area contributed by atoms with E-state index in [1.807, 2.05) is 19.1 Å². The molecule has 0 spiro atoms. The van der Waals surface area contributed by atoms with Crippen molar-refractivity contribution in [2.45, 2.75) is 13.1 Å². The summed E-state index contributed by atoms with van der Waals surface area (Å²) >= 11 is 0. The van der Waals surface area contributed by atoms with Crippen molar-refractivity contribution in [3.63, 3.8) is 0 Å². The van der Waals surface area contributed by atoms with Crippen LogP contribution in [0.2, 0.25) is 0 Å². The minimum atomic E-state index is -4.38. The Hall–Kier alpha value is -2.60. The lowest BCUT2D eigenvalue weighted by molar-refractivity contribution is -0.137. The molecule has 0 atom stereocenters. The van der Waals surface area contributed by atoms with Crippen molar-refractivity contribution in [2.24, 2.45) is 0 Å². The van der Waals surface area contributed by atoms with Crippen molar-refractivity contribution < 1.29 is 22.8 Å². The number of carbonyl (C=O) groups is 1. The van der Waals surface area contributed by atoms with Gasteiger partial charge in [-0.25, -0.2) is 0 Å². The van der Waals surface area contributed by atoms with Crippen LogP contribution in [-0.2, 0) is 11.0 Å². The molecule has 2 aromatic carbocycles. The Balaban J connectivity index is 2.06. The number of hydrogen-bond acceptors (Lipinski definition) is 2. The Bertz CT molecular complexity index is 823. The second kappa shape index (κ2) is 5.79. The van der Waals surface area contributed by atoms with Crippen LogP contribution in [0.5, 0.6) is 0 Å². The molecule has 1 amide bonds. The number of aryl methyl sites for hydroxylation is 1. The lowest BCUT2D eigenvalue weighted by atomic mass is 10.0. The third-order valence-electron chi connectivity index (χ3n) is 3.81. The van der Waals surface area contributed by atoms with Crippen LogP contribution in [0.15, 0.2) is 42.5 Å². The third kappa shape index (κ3) is 2.80.